The van der Waals surface area contributed by atoms with Crippen LogP contribution in [0.25, 0.3) is 0 Å². The van der Waals surface area contributed by atoms with E-state index in [4.69, 9.17) is 0 Å². The molecule has 1 heterocycles. The number of allylic oxidation sites excluding steroid dienone is 4. The van der Waals surface area contributed by atoms with Gasteiger partial charge < -0.3 is 10.2 Å². The highest BCUT2D eigenvalue weighted by atomic mass is 16.2. The minimum Gasteiger partial charge on any atom is -0.339 e. The minimum atomic E-state index is -0.0319. The summed E-state index contributed by atoms with van der Waals surface area (Å²) in [7, 11) is 0. The third-order valence-corrected chi connectivity index (χ3v) is 5.68. The molecule has 5 nitrogen and oxygen atoms in total. The lowest BCUT2D eigenvalue weighted by Crippen LogP contribution is -2.30. The van der Waals surface area contributed by atoms with Crippen molar-refractivity contribution in [2.45, 2.75) is 97.8 Å². The van der Waals surface area contributed by atoms with Gasteiger partial charge in [-0.1, -0.05) is 63.3 Å². The molecule has 2 amide bonds. The molecule has 33 heavy (non-hydrogen) atoms. The monoisotopic (exact) mass is 455 g/mol. The zero-order valence-corrected chi connectivity index (χ0v) is 21.2. The van der Waals surface area contributed by atoms with E-state index in [0.717, 1.165) is 25.7 Å². The number of hydrogen-bond donors (Lipinski definition) is 1. The topological polar surface area (TPSA) is 62.3 Å². The Morgan fingerprint density at radius 2 is 1.48 bits per heavy atom. The van der Waals surface area contributed by atoms with Crippen molar-refractivity contribution in [2.24, 2.45) is 0 Å². The first-order chi connectivity index (χ1) is 16.1. The molecule has 0 radical (unpaired) electrons. The average molecular weight is 456 g/mol. The Bertz CT molecular complexity index is 706. The van der Waals surface area contributed by atoms with E-state index in [1.807, 2.05) is 13.8 Å². The van der Waals surface area contributed by atoms with Gasteiger partial charge in [0, 0.05) is 25.7 Å². The van der Waals surface area contributed by atoms with Gasteiger partial charge in [0.2, 0.25) is 5.91 Å². The van der Waals surface area contributed by atoms with Crippen LogP contribution in [-0.4, -0.2) is 34.8 Å². The normalized spacial score (nSPS) is 11.4. The molecule has 1 aromatic heterocycles. The van der Waals surface area contributed by atoms with Crippen molar-refractivity contribution in [3.05, 3.63) is 48.2 Å². The Kier molecular flexibility index (Phi) is 16.5. The maximum Gasteiger partial charge on any atom is 0.255 e. The van der Waals surface area contributed by atoms with E-state index >= 15 is 0 Å². The molecule has 1 N–H and O–H groups in total. The fraction of sp³-hybridized carbons (Fsp3) is 0.607. The first-order valence-corrected chi connectivity index (χ1v) is 13.0. The van der Waals surface area contributed by atoms with Crippen LogP contribution >= 0.6 is 0 Å². The summed E-state index contributed by atoms with van der Waals surface area (Å²) in [5.74, 6) is 0.449. The third-order valence-electron chi connectivity index (χ3n) is 5.68. The number of nitrogens with zero attached hydrogens (tertiary/aromatic N) is 2. The van der Waals surface area contributed by atoms with Crippen LogP contribution in [0.1, 0.15) is 108 Å². The fourth-order valence-corrected chi connectivity index (χ4v) is 3.59. The van der Waals surface area contributed by atoms with Crippen molar-refractivity contribution in [2.75, 3.05) is 18.4 Å². The van der Waals surface area contributed by atoms with Crippen LogP contribution in [0.3, 0.4) is 0 Å². The highest BCUT2D eigenvalue weighted by molar-refractivity contribution is 5.94. The van der Waals surface area contributed by atoms with Gasteiger partial charge in [-0.3, -0.25) is 9.59 Å². The van der Waals surface area contributed by atoms with Gasteiger partial charge >= 0.3 is 0 Å². The highest BCUT2D eigenvalue weighted by Gasteiger charge is 2.13. The summed E-state index contributed by atoms with van der Waals surface area (Å²) in [6.45, 7) is 7.48. The lowest BCUT2D eigenvalue weighted by Gasteiger charge is -2.18. The molecule has 0 spiro atoms. The molecule has 0 aliphatic rings. The quantitative estimate of drug-likeness (QED) is 0.186. The van der Waals surface area contributed by atoms with Gasteiger partial charge in [0.15, 0.2) is 0 Å². The number of unbranched alkanes of at least 4 members (excludes halogenated alkanes) is 8. The summed E-state index contributed by atoms with van der Waals surface area (Å²) >= 11 is 0. The molecule has 1 aromatic rings. The number of rotatable bonds is 18. The van der Waals surface area contributed by atoms with Crippen LogP contribution in [0.2, 0.25) is 0 Å². The summed E-state index contributed by atoms with van der Waals surface area (Å²) in [6, 6.07) is 3.42. The number of hydrogen-bond acceptors (Lipinski definition) is 3. The molecule has 5 heteroatoms. The molecule has 0 aliphatic heterocycles. The minimum absolute atomic E-state index is 0.0176. The first kappa shape index (κ1) is 28.6. The fourth-order valence-electron chi connectivity index (χ4n) is 3.59. The molecule has 0 unspecified atom stereocenters. The van der Waals surface area contributed by atoms with E-state index < -0.39 is 0 Å². The predicted molar refractivity (Wildman–Crippen MR) is 139 cm³/mol. The van der Waals surface area contributed by atoms with E-state index in [2.05, 4.69) is 41.5 Å². The number of carbonyl (C=O) groups excluding carboxylic acids is 2. The molecule has 0 aliphatic carbocycles. The van der Waals surface area contributed by atoms with Crippen molar-refractivity contribution in [1.82, 2.24) is 9.88 Å². The van der Waals surface area contributed by atoms with Crippen LogP contribution < -0.4 is 5.32 Å². The number of pyridine rings is 1. The summed E-state index contributed by atoms with van der Waals surface area (Å²) in [6.07, 6.45) is 24.0. The largest absolute Gasteiger partial charge is 0.339 e. The molecule has 1 rings (SSSR count). The van der Waals surface area contributed by atoms with E-state index in [-0.39, 0.29) is 11.8 Å². The van der Waals surface area contributed by atoms with Crippen molar-refractivity contribution in [3.63, 3.8) is 0 Å². The average Bonchev–Trinajstić information content (AvgIpc) is 2.82. The lowest BCUT2D eigenvalue weighted by molar-refractivity contribution is -0.116. The van der Waals surface area contributed by atoms with Gasteiger partial charge in [-0.05, 0) is 64.5 Å². The van der Waals surface area contributed by atoms with Gasteiger partial charge in [0.1, 0.15) is 5.82 Å². The molecule has 184 valence electrons. The van der Waals surface area contributed by atoms with E-state index in [1.54, 1.807) is 17.0 Å². The summed E-state index contributed by atoms with van der Waals surface area (Å²) in [5.41, 5.74) is 0.547. The molecule has 0 saturated carbocycles. The van der Waals surface area contributed by atoms with Crippen LogP contribution in [-0.2, 0) is 4.79 Å². The number of amides is 2. The Hall–Kier alpha value is -2.43. The van der Waals surface area contributed by atoms with Gasteiger partial charge in [0.25, 0.3) is 5.91 Å². The van der Waals surface area contributed by atoms with E-state index in [1.165, 1.54) is 51.1 Å². The summed E-state index contributed by atoms with van der Waals surface area (Å²) < 4.78 is 0. The first-order valence-electron chi connectivity index (χ1n) is 13.0. The number of aromatic nitrogens is 1. The molecule has 0 aromatic carbocycles. The second kappa shape index (κ2) is 19.1. The highest BCUT2D eigenvalue weighted by Crippen LogP contribution is 2.11. The maximum atomic E-state index is 12.3. The van der Waals surface area contributed by atoms with Gasteiger partial charge in [0.05, 0.1) is 5.56 Å². The van der Waals surface area contributed by atoms with Crippen LogP contribution in [0.5, 0.6) is 0 Å². The van der Waals surface area contributed by atoms with Crippen LogP contribution in [0, 0.1) is 0 Å². The molecule has 0 saturated heterocycles. The molecule has 0 fully saturated rings. The Labute approximate surface area is 201 Å². The standard InChI is InChI=1S/C28H45N3O2/c1-4-7-8-9-10-11-12-13-14-15-16-17-18-19-20-21-27(32)30-26-23-22-25(24-29-26)28(33)31(5-2)6-3/h10-11,13-14,22-24H,4-9,12,15-21H2,1-3H3,(H,29,30,32)/b11-10-,14-13-. The Morgan fingerprint density at radius 3 is 2.09 bits per heavy atom. The SMILES string of the molecule is CCCCC/C=C\C/C=C\CCCCCCCC(=O)Nc1ccc(C(=O)N(CC)CC)cn1. The Morgan fingerprint density at radius 1 is 0.848 bits per heavy atom. The molecular weight excluding hydrogens is 410 g/mol. The van der Waals surface area contributed by atoms with E-state index in [0.29, 0.717) is 30.9 Å². The summed E-state index contributed by atoms with van der Waals surface area (Å²) in [5, 5.41) is 2.83. The zero-order chi connectivity index (χ0) is 24.2. The smallest absolute Gasteiger partial charge is 0.255 e. The summed E-state index contributed by atoms with van der Waals surface area (Å²) in [4.78, 5) is 30.4. The second-order valence-corrected chi connectivity index (χ2v) is 8.44. The molecular formula is C28H45N3O2. The van der Waals surface area contributed by atoms with Crippen LogP contribution in [0.15, 0.2) is 42.6 Å². The molecule has 0 bridgehead atoms. The predicted octanol–water partition coefficient (Wildman–Crippen LogP) is 7.32. The van der Waals surface area contributed by atoms with Gasteiger partial charge in [-0.15, -0.1) is 0 Å². The van der Waals surface area contributed by atoms with Gasteiger partial charge in [-0.25, -0.2) is 4.98 Å². The number of carbonyl (C=O) groups is 2. The van der Waals surface area contributed by atoms with E-state index in [9.17, 15) is 9.59 Å². The molecule has 0 atom stereocenters. The van der Waals surface area contributed by atoms with Crippen molar-refractivity contribution >= 4 is 17.6 Å². The maximum absolute atomic E-state index is 12.3. The zero-order valence-electron chi connectivity index (χ0n) is 21.2. The number of anilines is 1. The van der Waals surface area contributed by atoms with Crippen molar-refractivity contribution in [3.8, 4) is 0 Å². The number of nitrogens with one attached hydrogen (secondary N) is 1. The Balaban J connectivity index is 2.08. The van der Waals surface area contributed by atoms with Crippen molar-refractivity contribution < 1.29 is 9.59 Å². The van der Waals surface area contributed by atoms with Crippen LogP contribution in [0.4, 0.5) is 5.82 Å². The lowest BCUT2D eigenvalue weighted by atomic mass is 10.1. The van der Waals surface area contributed by atoms with Crippen molar-refractivity contribution in [1.29, 1.82) is 0 Å². The third kappa shape index (κ3) is 13.7. The van der Waals surface area contributed by atoms with Gasteiger partial charge in [-0.2, -0.15) is 0 Å². The second-order valence-electron chi connectivity index (χ2n) is 8.44.